The van der Waals surface area contributed by atoms with Gasteiger partial charge in [0.1, 0.15) is 0 Å². The van der Waals surface area contributed by atoms with Crippen LogP contribution in [0.3, 0.4) is 0 Å². The summed E-state index contributed by atoms with van der Waals surface area (Å²) in [5, 5.41) is 3.30. The fraction of sp³-hybridized carbons (Fsp3) is 0.400. The third kappa shape index (κ3) is 2.68. The average Bonchev–Trinajstić information content (AvgIpc) is 2.58. The van der Waals surface area contributed by atoms with Crippen LogP contribution in [0, 0.1) is 0 Å². The van der Waals surface area contributed by atoms with Crippen LogP contribution in [-0.4, -0.2) is 9.78 Å². The Morgan fingerprint density at radius 2 is 2.05 bits per heavy atom. The van der Waals surface area contributed by atoms with Crippen LogP contribution in [0.4, 0.5) is 0 Å². The molecule has 0 saturated carbocycles. The molecule has 4 heteroatoms. The van der Waals surface area contributed by atoms with Gasteiger partial charge in [-0.1, -0.05) is 34.5 Å². The second kappa shape index (κ2) is 5.37. The van der Waals surface area contributed by atoms with Crippen molar-refractivity contribution in [2.24, 2.45) is 0 Å². The van der Waals surface area contributed by atoms with Crippen molar-refractivity contribution >= 4 is 15.9 Å². The zero-order valence-electron chi connectivity index (χ0n) is 10.8. The van der Waals surface area contributed by atoms with Gasteiger partial charge < -0.3 is 0 Å². The van der Waals surface area contributed by atoms with Crippen LogP contribution in [0.1, 0.15) is 36.1 Å². The molecule has 0 unspecified atom stereocenters. The van der Waals surface area contributed by atoms with Crippen molar-refractivity contribution in [3.8, 4) is 0 Å². The van der Waals surface area contributed by atoms with Crippen molar-refractivity contribution in [1.29, 1.82) is 0 Å². The number of nitrogens with zero attached hydrogens (tertiary/aromatic N) is 1. The van der Waals surface area contributed by atoms with E-state index in [9.17, 15) is 4.79 Å². The van der Waals surface area contributed by atoms with Gasteiger partial charge in [-0.25, -0.2) is 4.68 Å². The zero-order chi connectivity index (χ0) is 13.2. The Morgan fingerprint density at radius 1 is 1.21 bits per heavy atom. The third-order valence-corrected chi connectivity index (χ3v) is 4.21. The zero-order valence-corrected chi connectivity index (χ0v) is 12.4. The maximum absolute atomic E-state index is 12.4. The molecule has 0 saturated heterocycles. The summed E-state index contributed by atoms with van der Waals surface area (Å²) in [6.07, 6.45) is 5.49. The van der Waals surface area contributed by atoms with Gasteiger partial charge in [0.25, 0.3) is 5.56 Å². The molecule has 0 aliphatic heterocycles. The molecule has 1 aliphatic rings. The maximum atomic E-state index is 12.4. The predicted molar refractivity (Wildman–Crippen MR) is 79.6 cm³/mol. The van der Waals surface area contributed by atoms with Crippen LogP contribution in [0.25, 0.3) is 0 Å². The van der Waals surface area contributed by atoms with E-state index in [1.807, 2.05) is 18.2 Å². The molecule has 1 aromatic heterocycles. The SMILES string of the molecule is O=c1c2c([nH]n1Cc1cccc(Br)c1)CCCCC2. The van der Waals surface area contributed by atoms with Crippen LogP contribution >= 0.6 is 15.9 Å². The Bertz CT molecular complexity index is 642. The lowest BCUT2D eigenvalue weighted by Gasteiger charge is -2.03. The number of aryl methyl sites for hydroxylation is 1. The topological polar surface area (TPSA) is 37.8 Å². The first-order valence-corrected chi connectivity index (χ1v) is 7.58. The van der Waals surface area contributed by atoms with E-state index < -0.39 is 0 Å². The van der Waals surface area contributed by atoms with Gasteiger partial charge >= 0.3 is 0 Å². The van der Waals surface area contributed by atoms with E-state index in [1.165, 1.54) is 12.8 Å². The van der Waals surface area contributed by atoms with Crippen molar-refractivity contribution in [2.75, 3.05) is 0 Å². The molecule has 0 fully saturated rings. The summed E-state index contributed by atoms with van der Waals surface area (Å²) in [6.45, 7) is 0.616. The van der Waals surface area contributed by atoms with Gasteiger partial charge in [-0.3, -0.25) is 9.89 Å². The number of rotatable bonds is 2. The highest BCUT2D eigenvalue weighted by Gasteiger charge is 2.16. The first kappa shape index (κ1) is 12.7. The number of fused-ring (bicyclic) bond motifs is 1. The van der Waals surface area contributed by atoms with E-state index >= 15 is 0 Å². The number of hydrogen-bond donors (Lipinski definition) is 1. The summed E-state index contributed by atoms with van der Waals surface area (Å²) >= 11 is 3.46. The van der Waals surface area contributed by atoms with Gasteiger partial charge in [-0.05, 0) is 43.4 Å². The summed E-state index contributed by atoms with van der Waals surface area (Å²) < 4.78 is 2.80. The highest BCUT2D eigenvalue weighted by Crippen LogP contribution is 2.17. The summed E-state index contributed by atoms with van der Waals surface area (Å²) in [5.74, 6) is 0. The highest BCUT2D eigenvalue weighted by molar-refractivity contribution is 9.10. The first-order chi connectivity index (χ1) is 9.24. The predicted octanol–water partition coefficient (Wildman–Crippen LogP) is 3.26. The molecule has 2 aromatic rings. The van der Waals surface area contributed by atoms with E-state index in [0.717, 1.165) is 40.6 Å². The summed E-state index contributed by atoms with van der Waals surface area (Å²) in [6, 6.07) is 8.09. The number of benzene rings is 1. The third-order valence-electron chi connectivity index (χ3n) is 3.72. The van der Waals surface area contributed by atoms with Crippen molar-refractivity contribution in [3.63, 3.8) is 0 Å². The van der Waals surface area contributed by atoms with Gasteiger partial charge in [0, 0.05) is 15.7 Å². The minimum absolute atomic E-state index is 0.164. The van der Waals surface area contributed by atoms with Crippen molar-refractivity contribution in [3.05, 3.63) is 55.9 Å². The molecular formula is C15H17BrN2O. The minimum atomic E-state index is 0.164. The first-order valence-electron chi connectivity index (χ1n) is 6.79. The van der Waals surface area contributed by atoms with Crippen molar-refractivity contribution < 1.29 is 0 Å². The second-order valence-electron chi connectivity index (χ2n) is 5.15. The lowest BCUT2D eigenvalue weighted by molar-refractivity contribution is 0.630. The van der Waals surface area contributed by atoms with Gasteiger partial charge in [-0.2, -0.15) is 0 Å². The molecular weight excluding hydrogens is 304 g/mol. The lowest BCUT2D eigenvalue weighted by atomic mass is 10.1. The van der Waals surface area contributed by atoms with Crippen LogP contribution in [0.5, 0.6) is 0 Å². The minimum Gasteiger partial charge on any atom is -0.299 e. The van der Waals surface area contributed by atoms with E-state index in [4.69, 9.17) is 0 Å². The standard InChI is InChI=1S/C15H17BrN2O/c16-12-6-4-5-11(9-12)10-18-15(19)13-7-2-1-3-8-14(13)17-18/h4-6,9,17H,1-3,7-8,10H2. The normalized spacial score (nSPS) is 15.0. The highest BCUT2D eigenvalue weighted by atomic mass is 79.9. The number of halogens is 1. The molecule has 3 nitrogen and oxygen atoms in total. The number of aromatic amines is 1. The van der Waals surface area contributed by atoms with E-state index in [0.29, 0.717) is 6.54 Å². The fourth-order valence-electron chi connectivity index (χ4n) is 2.75. The summed E-state index contributed by atoms with van der Waals surface area (Å²) in [5.41, 5.74) is 3.45. The van der Waals surface area contributed by atoms with Crippen LogP contribution in [0.2, 0.25) is 0 Å². The van der Waals surface area contributed by atoms with Gasteiger partial charge in [-0.15, -0.1) is 0 Å². The Balaban J connectivity index is 1.92. The maximum Gasteiger partial charge on any atom is 0.270 e. The van der Waals surface area contributed by atoms with E-state index in [1.54, 1.807) is 4.68 Å². The molecule has 100 valence electrons. The molecule has 1 N–H and O–H groups in total. The lowest BCUT2D eigenvalue weighted by Crippen LogP contribution is -2.19. The molecule has 19 heavy (non-hydrogen) atoms. The van der Waals surface area contributed by atoms with Crippen LogP contribution in [0.15, 0.2) is 33.5 Å². The van der Waals surface area contributed by atoms with Crippen LogP contribution < -0.4 is 5.56 Å². The van der Waals surface area contributed by atoms with Crippen molar-refractivity contribution in [1.82, 2.24) is 9.78 Å². The molecule has 1 heterocycles. The number of hydrogen-bond acceptors (Lipinski definition) is 1. The Labute approximate surface area is 120 Å². The molecule has 0 radical (unpaired) electrons. The largest absolute Gasteiger partial charge is 0.299 e. The van der Waals surface area contributed by atoms with Crippen LogP contribution in [-0.2, 0) is 19.4 Å². The Kier molecular flexibility index (Phi) is 3.60. The quantitative estimate of drug-likeness (QED) is 0.847. The van der Waals surface area contributed by atoms with E-state index in [2.05, 4.69) is 27.1 Å². The summed E-state index contributed by atoms with van der Waals surface area (Å²) in [7, 11) is 0. The number of nitrogens with one attached hydrogen (secondary N) is 1. The molecule has 1 aliphatic carbocycles. The number of aromatic nitrogens is 2. The molecule has 3 rings (SSSR count). The average molecular weight is 321 g/mol. The van der Waals surface area contributed by atoms with Crippen molar-refractivity contribution in [2.45, 2.75) is 38.6 Å². The Morgan fingerprint density at radius 3 is 2.89 bits per heavy atom. The second-order valence-corrected chi connectivity index (χ2v) is 6.07. The monoisotopic (exact) mass is 320 g/mol. The molecule has 0 bridgehead atoms. The van der Waals surface area contributed by atoms with Gasteiger partial charge in [0.05, 0.1) is 6.54 Å². The van der Waals surface area contributed by atoms with Gasteiger partial charge in [0.15, 0.2) is 0 Å². The smallest absolute Gasteiger partial charge is 0.270 e. The molecule has 0 spiro atoms. The molecule has 0 amide bonds. The Hall–Kier alpha value is -1.29. The number of H-pyrrole nitrogens is 1. The van der Waals surface area contributed by atoms with Gasteiger partial charge in [0.2, 0.25) is 0 Å². The molecule has 0 atom stereocenters. The van der Waals surface area contributed by atoms with E-state index in [-0.39, 0.29) is 5.56 Å². The summed E-state index contributed by atoms with van der Waals surface area (Å²) in [4.78, 5) is 12.4. The fourth-order valence-corrected chi connectivity index (χ4v) is 3.19. The molecule has 1 aromatic carbocycles.